The van der Waals surface area contributed by atoms with Crippen molar-refractivity contribution in [3.8, 4) is 0 Å². The van der Waals surface area contributed by atoms with E-state index in [4.69, 9.17) is 11.6 Å². The van der Waals surface area contributed by atoms with Crippen molar-refractivity contribution in [2.24, 2.45) is 0 Å². The van der Waals surface area contributed by atoms with E-state index in [1.165, 1.54) is 15.4 Å². The third-order valence-corrected chi connectivity index (χ3v) is 4.21. The summed E-state index contributed by atoms with van der Waals surface area (Å²) >= 11 is 7.77. The number of nitrogens with zero attached hydrogens (tertiary/aromatic N) is 1. The fourth-order valence-corrected chi connectivity index (χ4v) is 2.75. The Morgan fingerprint density at radius 2 is 2.28 bits per heavy atom. The summed E-state index contributed by atoms with van der Waals surface area (Å²) in [6.07, 6.45) is 2.97. The second-order valence-electron chi connectivity index (χ2n) is 4.23. The molecule has 0 spiro atoms. The second-order valence-corrected chi connectivity index (χ2v) is 5.87. The lowest BCUT2D eigenvalue weighted by Crippen LogP contribution is -2.17. The van der Waals surface area contributed by atoms with Gasteiger partial charge in [0.05, 0.1) is 5.01 Å². The molecule has 0 amide bonds. The fraction of sp³-hybridized carbons (Fsp3) is 0.357. The molecule has 2 aromatic rings. The molecule has 0 unspecified atom stereocenters. The molecule has 0 saturated carbocycles. The molecule has 1 heterocycles. The average molecular weight is 281 g/mol. The minimum absolute atomic E-state index is 0.288. The van der Waals surface area contributed by atoms with Gasteiger partial charge in [0.1, 0.15) is 0 Å². The van der Waals surface area contributed by atoms with Crippen molar-refractivity contribution in [3.05, 3.63) is 50.9 Å². The molecule has 2 nitrogen and oxygen atoms in total. The smallest absolute Gasteiger partial charge is 0.0925 e. The number of nitrogens with one attached hydrogen (secondary N) is 1. The Morgan fingerprint density at radius 3 is 2.94 bits per heavy atom. The van der Waals surface area contributed by atoms with Gasteiger partial charge >= 0.3 is 0 Å². The first kappa shape index (κ1) is 13.5. The number of halogens is 1. The SMILES string of the molecule is CCc1ncc(CN[C@@H](C)c2cccc(Cl)c2)s1. The van der Waals surface area contributed by atoms with Crippen LogP contribution in [0.3, 0.4) is 0 Å². The summed E-state index contributed by atoms with van der Waals surface area (Å²) < 4.78 is 0. The molecule has 0 bridgehead atoms. The van der Waals surface area contributed by atoms with Crippen molar-refractivity contribution in [1.82, 2.24) is 10.3 Å². The Morgan fingerprint density at radius 1 is 1.44 bits per heavy atom. The highest BCUT2D eigenvalue weighted by atomic mass is 35.5. The van der Waals surface area contributed by atoms with E-state index in [0.29, 0.717) is 0 Å². The van der Waals surface area contributed by atoms with Crippen LogP contribution in [0.25, 0.3) is 0 Å². The Hall–Kier alpha value is -0.900. The highest BCUT2D eigenvalue weighted by Gasteiger charge is 2.06. The topological polar surface area (TPSA) is 24.9 Å². The first-order valence-electron chi connectivity index (χ1n) is 6.11. The summed E-state index contributed by atoms with van der Waals surface area (Å²) in [4.78, 5) is 5.64. The van der Waals surface area contributed by atoms with Crippen LogP contribution in [0.1, 0.15) is 35.3 Å². The van der Waals surface area contributed by atoms with E-state index >= 15 is 0 Å². The minimum atomic E-state index is 0.288. The third kappa shape index (κ3) is 3.55. The monoisotopic (exact) mass is 280 g/mol. The van der Waals surface area contributed by atoms with Gasteiger partial charge in [-0.1, -0.05) is 30.7 Å². The predicted molar refractivity (Wildman–Crippen MR) is 78.2 cm³/mol. The molecule has 0 fully saturated rings. The van der Waals surface area contributed by atoms with Crippen molar-refractivity contribution in [2.75, 3.05) is 0 Å². The van der Waals surface area contributed by atoms with E-state index in [1.54, 1.807) is 11.3 Å². The van der Waals surface area contributed by atoms with Crippen LogP contribution in [0, 0.1) is 0 Å². The largest absolute Gasteiger partial charge is 0.305 e. The van der Waals surface area contributed by atoms with Gasteiger partial charge < -0.3 is 5.32 Å². The van der Waals surface area contributed by atoms with Gasteiger partial charge in [0, 0.05) is 28.7 Å². The highest BCUT2D eigenvalue weighted by molar-refractivity contribution is 7.11. The Bertz CT molecular complexity index is 510. The first-order valence-corrected chi connectivity index (χ1v) is 7.31. The number of hydrogen-bond donors (Lipinski definition) is 1. The van der Waals surface area contributed by atoms with E-state index in [2.05, 4.69) is 30.2 Å². The van der Waals surface area contributed by atoms with E-state index in [-0.39, 0.29) is 6.04 Å². The number of aromatic nitrogens is 1. The minimum Gasteiger partial charge on any atom is -0.305 e. The standard InChI is InChI=1S/C14H17ClN2S/c1-3-14-17-9-13(18-14)8-16-10(2)11-5-4-6-12(15)7-11/h4-7,9-10,16H,3,8H2,1-2H3/t10-/m0/s1. The summed E-state index contributed by atoms with van der Waals surface area (Å²) in [6.45, 7) is 5.13. The van der Waals surface area contributed by atoms with Crippen LogP contribution < -0.4 is 5.32 Å². The van der Waals surface area contributed by atoms with Crippen LogP contribution in [-0.2, 0) is 13.0 Å². The quantitative estimate of drug-likeness (QED) is 0.887. The molecule has 0 aliphatic heterocycles. The number of thiazole rings is 1. The second kappa shape index (κ2) is 6.32. The van der Waals surface area contributed by atoms with Gasteiger partial charge in [-0.15, -0.1) is 11.3 Å². The summed E-state index contributed by atoms with van der Waals surface area (Å²) in [5.74, 6) is 0. The van der Waals surface area contributed by atoms with Crippen LogP contribution in [-0.4, -0.2) is 4.98 Å². The number of benzene rings is 1. The fourth-order valence-electron chi connectivity index (χ4n) is 1.74. The third-order valence-electron chi connectivity index (χ3n) is 2.84. The number of aryl methyl sites for hydroxylation is 1. The molecule has 96 valence electrons. The molecule has 1 N–H and O–H groups in total. The lowest BCUT2D eigenvalue weighted by molar-refractivity contribution is 0.578. The zero-order chi connectivity index (χ0) is 13.0. The molecular weight excluding hydrogens is 264 g/mol. The maximum Gasteiger partial charge on any atom is 0.0925 e. The van der Waals surface area contributed by atoms with Crippen LogP contribution in [0.5, 0.6) is 0 Å². The van der Waals surface area contributed by atoms with Gasteiger partial charge in [0.15, 0.2) is 0 Å². The maximum absolute atomic E-state index is 5.99. The van der Waals surface area contributed by atoms with Gasteiger partial charge in [0.2, 0.25) is 0 Å². The van der Waals surface area contributed by atoms with Gasteiger partial charge in [-0.2, -0.15) is 0 Å². The van der Waals surface area contributed by atoms with Crippen LogP contribution in [0.2, 0.25) is 5.02 Å². The Balaban J connectivity index is 1.93. The van der Waals surface area contributed by atoms with Crippen molar-refractivity contribution in [3.63, 3.8) is 0 Å². The predicted octanol–water partition coefficient (Wildman–Crippen LogP) is 4.21. The molecule has 1 aromatic carbocycles. The van der Waals surface area contributed by atoms with Crippen molar-refractivity contribution in [1.29, 1.82) is 0 Å². The van der Waals surface area contributed by atoms with Crippen LogP contribution in [0.4, 0.5) is 0 Å². The zero-order valence-electron chi connectivity index (χ0n) is 10.6. The average Bonchev–Trinajstić information content (AvgIpc) is 2.84. The zero-order valence-corrected chi connectivity index (χ0v) is 12.2. The van der Waals surface area contributed by atoms with Gasteiger partial charge in [-0.25, -0.2) is 4.98 Å². The molecule has 0 aliphatic carbocycles. The molecule has 4 heteroatoms. The summed E-state index contributed by atoms with van der Waals surface area (Å²) in [6, 6.07) is 8.26. The van der Waals surface area contributed by atoms with Crippen LogP contribution >= 0.6 is 22.9 Å². The van der Waals surface area contributed by atoms with E-state index in [1.807, 2.05) is 24.4 Å². The Kier molecular flexibility index (Phi) is 4.75. The van der Waals surface area contributed by atoms with E-state index in [9.17, 15) is 0 Å². The van der Waals surface area contributed by atoms with Gasteiger partial charge in [-0.3, -0.25) is 0 Å². The number of hydrogen-bond acceptors (Lipinski definition) is 3. The molecular formula is C14H17ClN2S. The molecule has 18 heavy (non-hydrogen) atoms. The normalized spacial score (nSPS) is 12.6. The summed E-state index contributed by atoms with van der Waals surface area (Å²) in [5.41, 5.74) is 1.21. The Labute approximate surface area is 117 Å². The van der Waals surface area contributed by atoms with Gasteiger partial charge in [0.25, 0.3) is 0 Å². The molecule has 2 rings (SSSR count). The first-order chi connectivity index (χ1) is 8.69. The van der Waals surface area contributed by atoms with E-state index in [0.717, 1.165) is 18.0 Å². The molecule has 1 atom stereocenters. The molecule has 1 aromatic heterocycles. The van der Waals surface area contributed by atoms with Crippen LogP contribution in [0.15, 0.2) is 30.5 Å². The number of rotatable bonds is 5. The lowest BCUT2D eigenvalue weighted by atomic mass is 10.1. The maximum atomic E-state index is 5.99. The molecule has 0 saturated heterocycles. The highest BCUT2D eigenvalue weighted by Crippen LogP contribution is 2.19. The van der Waals surface area contributed by atoms with Gasteiger partial charge in [-0.05, 0) is 31.0 Å². The van der Waals surface area contributed by atoms with E-state index < -0.39 is 0 Å². The van der Waals surface area contributed by atoms with Crippen molar-refractivity contribution in [2.45, 2.75) is 32.9 Å². The molecule has 0 aliphatic rings. The molecule has 0 radical (unpaired) electrons. The van der Waals surface area contributed by atoms with Crippen molar-refractivity contribution < 1.29 is 0 Å². The lowest BCUT2D eigenvalue weighted by Gasteiger charge is -2.13. The van der Waals surface area contributed by atoms with Crippen molar-refractivity contribution >= 4 is 22.9 Å². The summed E-state index contributed by atoms with van der Waals surface area (Å²) in [5, 5.41) is 5.47. The summed E-state index contributed by atoms with van der Waals surface area (Å²) in [7, 11) is 0.